The van der Waals surface area contributed by atoms with Crippen LogP contribution < -0.4 is 15.8 Å². The molecule has 0 aliphatic carbocycles. The van der Waals surface area contributed by atoms with Crippen LogP contribution in [0.4, 0.5) is 5.69 Å². The van der Waals surface area contributed by atoms with Crippen molar-refractivity contribution in [2.45, 2.75) is 0 Å². The minimum absolute atomic E-state index is 0.126. The average Bonchev–Trinajstić information content (AvgIpc) is 2.24. The van der Waals surface area contributed by atoms with Crippen LogP contribution in [0.25, 0.3) is 0 Å². The van der Waals surface area contributed by atoms with Crippen molar-refractivity contribution in [1.29, 1.82) is 0 Å². The van der Waals surface area contributed by atoms with Crippen LogP contribution in [0.1, 0.15) is 0 Å². The number of terminal acetylenes is 1. The molecule has 3 N–H and O–H groups in total. The van der Waals surface area contributed by atoms with Crippen LogP contribution in [-0.2, 0) is 4.79 Å². The second-order valence-electron chi connectivity index (χ2n) is 2.84. The van der Waals surface area contributed by atoms with E-state index in [0.29, 0.717) is 12.3 Å². The molecule has 0 atom stereocenters. The molecule has 0 saturated heterocycles. The number of rotatable bonds is 5. The summed E-state index contributed by atoms with van der Waals surface area (Å²) in [7, 11) is 0. The maximum absolute atomic E-state index is 10.5. The molecular weight excluding hydrogens is 192 g/mol. The van der Waals surface area contributed by atoms with Crippen molar-refractivity contribution >= 4 is 11.6 Å². The summed E-state index contributed by atoms with van der Waals surface area (Å²) in [5, 5.41) is 2.99. The van der Waals surface area contributed by atoms with Crippen molar-refractivity contribution in [1.82, 2.24) is 0 Å². The molecular formula is C11H12N2O2. The highest BCUT2D eigenvalue weighted by Gasteiger charge is 1.98. The van der Waals surface area contributed by atoms with Gasteiger partial charge in [0, 0.05) is 11.8 Å². The van der Waals surface area contributed by atoms with E-state index >= 15 is 0 Å². The molecule has 0 spiro atoms. The fraction of sp³-hybridized carbons (Fsp3) is 0.182. The molecule has 4 nitrogen and oxygen atoms in total. The van der Waals surface area contributed by atoms with Crippen molar-refractivity contribution < 1.29 is 9.53 Å². The molecule has 0 fully saturated rings. The fourth-order valence-corrected chi connectivity index (χ4v) is 1.00. The fourth-order valence-electron chi connectivity index (χ4n) is 1.00. The molecule has 0 saturated carbocycles. The first kappa shape index (κ1) is 10.9. The molecule has 15 heavy (non-hydrogen) atoms. The lowest BCUT2D eigenvalue weighted by molar-refractivity contribution is -0.119. The summed E-state index contributed by atoms with van der Waals surface area (Å²) in [6.07, 6.45) is 5.11. The van der Waals surface area contributed by atoms with E-state index in [1.54, 1.807) is 18.2 Å². The van der Waals surface area contributed by atoms with E-state index in [9.17, 15) is 4.79 Å². The SMILES string of the molecule is C#CCNc1cccc(OCC(N)=O)c1. The monoisotopic (exact) mass is 204 g/mol. The lowest BCUT2D eigenvalue weighted by Gasteiger charge is -2.06. The highest BCUT2D eigenvalue weighted by molar-refractivity contribution is 5.75. The second-order valence-corrected chi connectivity index (χ2v) is 2.84. The molecule has 4 heteroatoms. The van der Waals surface area contributed by atoms with Crippen LogP contribution >= 0.6 is 0 Å². The van der Waals surface area contributed by atoms with Gasteiger partial charge in [0.25, 0.3) is 5.91 Å². The summed E-state index contributed by atoms with van der Waals surface area (Å²) in [4.78, 5) is 10.5. The third-order valence-corrected chi connectivity index (χ3v) is 1.61. The smallest absolute Gasteiger partial charge is 0.255 e. The number of amides is 1. The lowest BCUT2D eigenvalue weighted by atomic mass is 10.3. The number of carbonyl (C=O) groups excluding carboxylic acids is 1. The Morgan fingerprint density at radius 1 is 1.60 bits per heavy atom. The van der Waals surface area contributed by atoms with Gasteiger partial charge in [0.05, 0.1) is 6.54 Å². The van der Waals surface area contributed by atoms with E-state index < -0.39 is 5.91 Å². The predicted octanol–water partition coefficient (Wildman–Crippen LogP) is 0.596. The number of benzene rings is 1. The first-order valence-electron chi connectivity index (χ1n) is 4.41. The van der Waals surface area contributed by atoms with Gasteiger partial charge >= 0.3 is 0 Å². The van der Waals surface area contributed by atoms with Gasteiger partial charge in [-0.3, -0.25) is 4.79 Å². The summed E-state index contributed by atoms with van der Waals surface area (Å²) in [5.41, 5.74) is 5.79. The van der Waals surface area contributed by atoms with Gasteiger partial charge in [0.1, 0.15) is 5.75 Å². The number of hydrogen-bond acceptors (Lipinski definition) is 3. The van der Waals surface area contributed by atoms with Gasteiger partial charge in [-0.2, -0.15) is 0 Å². The Hall–Kier alpha value is -2.15. The van der Waals surface area contributed by atoms with Crippen molar-refractivity contribution in [3.8, 4) is 18.1 Å². The van der Waals surface area contributed by atoms with E-state index in [2.05, 4.69) is 11.2 Å². The molecule has 1 aromatic carbocycles. The zero-order valence-electron chi connectivity index (χ0n) is 8.19. The third kappa shape index (κ3) is 4.05. The normalized spacial score (nSPS) is 9.00. The van der Waals surface area contributed by atoms with Gasteiger partial charge in [-0.05, 0) is 12.1 Å². The molecule has 78 valence electrons. The summed E-state index contributed by atoms with van der Waals surface area (Å²) >= 11 is 0. The second kappa shape index (κ2) is 5.55. The molecule has 0 aliphatic rings. The van der Waals surface area contributed by atoms with Gasteiger partial charge in [-0.25, -0.2) is 0 Å². The molecule has 0 unspecified atom stereocenters. The first-order valence-corrected chi connectivity index (χ1v) is 4.41. The summed E-state index contributed by atoms with van der Waals surface area (Å²) in [6.45, 7) is 0.317. The quantitative estimate of drug-likeness (QED) is 0.690. The Morgan fingerprint density at radius 3 is 3.07 bits per heavy atom. The lowest BCUT2D eigenvalue weighted by Crippen LogP contribution is -2.20. The van der Waals surface area contributed by atoms with E-state index in [4.69, 9.17) is 16.9 Å². The molecule has 0 aliphatic heterocycles. The first-order chi connectivity index (χ1) is 7.22. The molecule has 0 radical (unpaired) electrons. The number of nitrogens with two attached hydrogens (primary N) is 1. The van der Waals surface area contributed by atoms with Crippen molar-refractivity contribution in [3.63, 3.8) is 0 Å². The third-order valence-electron chi connectivity index (χ3n) is 1.61. The Balaban J connectivity index is 2.58. The van der Waals surface area contributed by atoms with Crippen molar-refractivity contribution in [2.24, 2.45) is 5.73 Å². The minimum Gasteiger partial charge on any atom is -0.484 e. The number of hydrogen-bond donors (Lipinski definition) is 2. The maximum atomic E-state index is 10.5. The summed E-state index contributed by atoms with van der Waals surface area (Å²) in [5.74, 6) is 2.54. The molecule has 0 heterocycles. The van der Waals surface area contributed by atoms with E-state index in [0.717, 1.165) is 5.69 Å². The van der Waals surface area contributed by atoms with E-state index in [1.807, 2.05) is 6.07 Å². The van der Waals surface area contributed by atoms with Gasteiger partial charge in [0.15, 0.2) is 6.61 Å². The molecule has 0 aromatic heterocycles. The maximum Gasteiger partial charge on any atom is 0.255 e. The number of anilines is 1. The van der Waals surface area contributed by atoms with Crippen LogP contribution in [0.15, 0.2) is 24.3 Å². The van der Waals surface area contributed by atoms with Gasteiger partial charge in [0.2, 0.25) is 0 Å². The van der Waals surface area contributed by atoms with Crippen LogP contribution in [0.2, 0.25) is 0 Å². The van der Waals surface area contributed by atoms with Gasteiger partial charge in [-0.1, -0.05) is 12.0 Å². The van der Waals surface area contributed by atoms with Crippen molar-refractivity contribution in [2.75, 3.05) is 18.5 Å². The predicted molar refractivity (Wildman–Crippen MR) is 58.5 cm³/mol. The zero-order valence-corrected chi connectivity index (χ0v) is 8.19. The molecule has 1 amide bonds. The van der Waals surface area contributed by atoms with Crippen molar-refractivity contribution in [3.05, 3.63) is 24.3 Å². The van der Waals surface area contributed by atoms with Crippen LogP contribution in [0.3, 0.4) is 0 Å². The Morgan fingerprint density at radius 2 is 2.40 bits per heavy atom. The average molecular weight is 204 g/mol. The Bertz CT molecular complexity index is 382. The summed E-state index contributed by atoms with van der Waals surface area (Å²) in [6, 6.07) is 7.15. The van der Waals surface area contributed by atoms with E-state index in [-0.39, 0.29) is 6.61 Å². The molecule has 1 aromatic rings. The minimum atomic E-state index is -0.503. The standard InChI is InChI=1S/C11H12N2O2/c1-2-6-13-9-4-3-5-10(7-9)15-8-11(12)14/h1,3-5,7,13H,6,8H2,(H2,12,14). The number of carbonyl (C=O) groups is 1. The van der Waals surface area contributed by atoms with Crippen LogP contribution in [0.5, 0.6) is 5.75 Å². The topological polar surface area (TPSA) is 64.3 Å². The highest BCUT2D eigenvalue weighted by Crippen LogP contribution is 2.16. The molecule has 1 rings (SSSR count). The highest BCUT2D eigenvalue weighted by atomic mass is 16.5. The van der Waals surface area contributed by atoms with Gasteiger partial charge < -0.3 is 15.8 Å². The summed E-state index contributed by atoms with van der Waals surface area (Å²) < 4.78 is 5.12. The Kier molecular flexibility index (Phi) is 4.05. The largest absolute Gasteiger partial charge is 0.484 e. The number of ether oxygens (including phenoxy) is 1. The zero-order chi connectivity index (χ0) is 11.1. The number of primary amides is 1. The molecule has 0 bridgehead atoms. The van der Waals surface area contributed by atoms with Gasteiger partial charge in [-0.15, -0.1) is 6.42 Å². The van der Waals surface area contributed by atoms with Crippen LogP contribution in [0, 0.1) is 12.3 Å². The number of nitrogens with one attached hydrogen (secondary N) is 1. The Labute approximate surface area is 88.4 Å². The van der Waals surface area contributed by atoms with E-state index in [1.165, 1.54) is 0 Å². The van der Waals surface area contributed by atoms with Crippen LogP contribution in [-0.4, -0.2) is 19.1 Å².